The van der Waals surface area contributed by atoms with E-state index in [-0.39, 0.29) is 0 Å². The summed E-state index contributed by atoms with van der Waals surface area (Å²) in [7, 11) is 0. The maximum atomic E-state index is 10.1. The van der Waals surface area contributed by atoms with Crippen molar-refractivity contribution in [1.82, 2.24) is 9.97 Å². The van der Waals surface area contributed by atoms with Crippen molar-refractivity contribution in [3.05, 3.63) is 59.7 Å². The van der Waals surface area contributed by atoms with E-state index in [1.165, 1.54) is 5.56 Å². The SMILES string of the molecule is CCCc1ccc(C(O)c2ncccn2)cc1. The second-order valence-electron chi connectivity index (χ2n) is 4.00. The van der Waals surface area contributed by atoms with Gasteiger partial charge in [0.05, 0.1) is 0 Å². The van der Waals surface area contributed by atoms with Gasteiger partial charge < -0.3 is 5.11 Å². The molecule has 1 heterocycles. The Labute approximate surface area is 101 Å². The highest BCUT2D eigenvalue weighted by molar-refractivity contribution is 5.27. The van der Waals surface area contributed by atoms with E-state index in [9.17, 15) is 5.11 Å². The standard InChI is InChI=1S/C14H16N2O/c1-2-4-11-5-7-12(8-6-11)13(17)14-15-9-3-10-16-14/h3,5-10,13,17H,2,4H2,1H3. The van der Waals surface area contributed by atoms with E-state index in [2.05, 4.69) is 16.9 Å². The van der Waals surface area contributed by atoms with Gasteiger partial charge >= 0.3 is 0 Å². The highest BCUT2D eigenvalue weighted by Crippen LogP contribution is 2.18. The first-order valence-corrected chi connectivity index (χ1v) is 5.85. The molecule has 0 amide bonds. The third kappa shape index (κ3) is 2.88. The van der Waals surface area contributed by atoms with Gasteiger partial charge in [-0.3, -0.25) is 0 Å². The summed E-state index contributed by atoms with van der Waals surface area (Å²) in [4.78, 5) is 8.11. The summed E-state index contributed by atoms with van der Waals surface area (Å²) in [6.45, 7) is 2.15. The fourth-order valence-corrected chi connectivity index (χ4v) is 1.76. The Morgan fingerprint density at radius 2 is 1.76 bits per heavy atom. The largest absolute Gasteiger partial charge is 0.380 e. The summed E-state index contributed by atoms with van der Waals surface area (Å²) in [5.41, 5.74) is 2.12. The van der Waals surface area contributed by atoms with Crippen molar-refractivity contribution in [2.24, 2.45) is 0 Å². The molecule has 1 unspecified atom stereocenters. The molecule has 1 N–H and O–H groups in total. The van der Waals surface area contributed by atoms with Crippen LogP contribution in [0.5, 0.6) is 0 Å². The summed E-state index contributed by atoms with van der Waals surface area (Å²) in [6.07, 6.45) is 4.72. The van der Waals surface area contributed by atoms with Crippen molar-refractivity contribution in [2.45, 2.75) is 25.9 Å². The van der Waals surface area contributed by atoms with Crippen LogP contribution >= 0.6 is 0 Å². The molecule has 0 aliphatic carbocycles. The van der Waals surface area contributed by atoms with Crippen LogP contribution in [-0.2, 0) is 6.42 Å². The van der Waals surface area contributed by atoms with Crippen molar-refractivity contribution in [2.75, 3.05) is 0 Å². The Morgan fingerprint density at radius 1 is 1.12 bits per heavy atom. The van der Waals surface area contributed by atoms with E-state index in [4.69, 9.17) is 0 Å². The van der Waals surface area contributed by atoms with Crippen LogP contribution in [0, 0.1) is 0 Å². The molecule has 0 bridgehead atoms. The van der Waals surface area contributed by atoms with Crippen LogP contribution in [-0.4, -0.2) is 15.1 Å². The van der Waals surface area contributed by atoms with Gasteiger partial charge in [-0.1, -0.05) is 37.6 Å². The first-order valence-electron chi connectivity index (χ1n) is 5.85. The topological polar surface area (TPSA) is 46.0 Å². The molecule has 3 heteroatoms. The molecule has 0 saturated carbocycles. The number of hydrogen-bond donors (Lipinski definition) is 1. The summed E-state index contributed by atoms with van der Waals surface area (Å²) < 4.78 is 0. The fourth-order valence-electron chi connectivity index (χ4n) is 1.76. The monoisotopic (exact) mass is 228 g/mol. The molecular formula is C14H16N2O. The van der Waals surface area contributed by atoms with Gasteiger partial charge in [0, 0.05) is 12.4 Å². The maximum Gasteiger partial charge on any atom is 0.161 e. The second-order valence-corrected chi connectivity index (χ2v) is 4.00. The molecule has 2 rings (SSSR count). The van der Waals surface area contributed by atoms with Crippen LogP contribution in [0.3, 0.4) is 0 Å². The smallest absolute Gasteiger partial charge is 0.161 e. The molecule has 0 fully saturated rings. The van der Waals surface area contributed by atoms with Gasteiger partial charge in [0.1, 0.15) is 6.10 Å². The van der Waals surface area contributed by atoms with Gasteiger partial charge in [-0.2, -0.15) is 0 Å². The van der Waals surface area contributed by atoms with Crippen LogP contribution in [0.1, 0.15) is 36.4 Å². The van der Waals surface area contributed by atoms with Crippen LogP contribution in [0.4, 0.5) is 0 Å². The van der Waals surface area contributed by atoms with Crippen LogP contribution in [0.25, 0.3) is 0 Å². The summed E-state index contributed by atoms with van der Waals surface area (Å²) >= 11 is 0. The summed E-state index contributed by atoms with van der Waals surface area (Å²) in [6, 6.07) is 9.70. The molecule has 1 atom stereocenters. The molecule has 0 saturated heterocycles. The Morgan fingerprint density at radius 3 is 2.35 bits per heavy atom. The highest BCUT2D eigenvalue weighted by atomic mass is 16.3. The number of hydrogen-bond acceptors (Lipinski definition) is 3. The minimum atomic E-state index is -0.744. The van der Waals surface area contributed by atoms with Gasteiger partial charge in [0.15, 0.2) is 5.82 Å². The van der Waals surface area contributed by atoms with E-state index < -0.39 is 6.10 Å². The quantitative estimate of drug-likeness (QED) is 0.874. The Kier molecular flexibility index (Phi) is 3.83. The minimum Gasteiger partial charge on any atom is -0.380 e. The molecule has 0 spiro atoms. The molecule has 2 aromatic rings. The fraction of sp³-hybridized carbons (Fsp3) is 0.286. The van der Waals surface area contributed by atoms with Crippen molar-refractivity contribution < 1.29 is 5.11 Å². The maximum absolute atomic E-state index is 10.1. The third-order valence-electron chi connectivity index (χ3n) is 2.66. The second kappa shape index (κ2) is 5.55. The molecule has 0 aliphatic rings. The molecular weight excluding hydrogens is 212 g/mol. The van der Waals surface area contributed by atoms with Crippen molar-refractivity contribution in [3.63, 3.8) is 0 Å². The highest BCUT2D eigenvalue weighted by Gasteiger charge is 2.12. The molecule has 1 aromatic heterocycles. The van der Waals surface area contributed by atoms with Gasteiger partial charge in [-0.25, -0.2) is 9.97 Å². The van der Waals surface area contributed by atoms with E-state index in [1.807, 2.05) is 24.3 Å². The first-order chi connectivity index (χ1) is 8.31. The average Bonchev–Trinajstić information content (AvgIpc) is 2.40. The molecule has 17 heavy (non-hydrogen) atoms. The molecule has 0 aliphatic heterocycles. The first kappa shape index (κ1) is 11.7. The van der Waals surface area contributed by atoms with Crippen LogP contribution in [0.15, 0.2) is 42.7 Å². The van der Waals surface area contributed by atoms with E-state index >= 15 is 0 Å². The number of aliphatic hydroxyl groups excluding tert-OH is 1. The van der Waals surface area contributed by atoms with Gasteiger partial charge in [0.2, 0.25) is 0 Å². The number of aliphatic hydroxyl groups is 1. The molecule has 3 nitrogen and oxygen atoms in total. The number of aromatic nitrogens is 2. The normalized spacial score (nSPS) is 12.4. The molecule has 1 aromatic carbocycles. The number of benzene rings is 1. The van der Waals surface area contributed by atoms with Gasteiger partial charge in [-0.05, 0) is 23.6 Å². The third-order valence-corrected chi connectivity index (χ3v) is 2.66. The lowest BCUT2D eigenvalue weighted by molar-refractivity contribution is 0.210. The minimum absolute atomic E-state index is 0.441. The summed E-state index contributed by atoms with van der Waals surface area (Å²) in [5.74, 6) is 0.441. The van der Waals surface area contributed by atoms with Crippen molar-refractivity contribution in [1.29, 1.82) is 0 Å². The zero-order chi connectivity index (χ0) is 12.1. The van der Waals surface area contributed by atoms with Crippen molar-refractivity contribution in [3.8, 4) is 0 Å². The lowest BCUT2D eigenvalue weighted by Crippen LogP contribution is -2.04. The van der Waals surface area contributed by atoms with E-state index in [1.54, 1.807) is 18.5 Å². The average molecular weight is 228 g/mol. The predicted octanol–water partition coefficient (Wildman–Crippen LogP) is 2.51. The molecule has 0 radical (unpaired) electrons. The summed E-state index contributed by atoms with van der Waals surface area (Å²) in [5, 5.41) is 10.1. The zero-order valence-corrected chi connectivity index (χ0v) is 9.87. The van der Waals surface area contributed by atoms with Gasteiger partial charge in [-0.15, -0.1) is 0 Å². The number of nitrogens with zero attached hydrogens (tertiary/aromatic N) is 2. The van der Waals surface area contributed by atoms with Crippen LogP contribution < -0.4 is 0 Å². The lowest BCUT2D eigenvalue weighted by Gasteiger charge is -2.09. The Balaban J connectivity index is 2.17. The van der Waals surface area contributed by atoms with Gasteiger partial charge in [0.25, 0.3) is 0 Å². The Hall–Kier alpha value is -1.74. The lowest BCUT2D eigenvalue weighted by atomic mass is 10.0. The predicted molar refractivity (Wildman–Crippen MR) is 66.5 cm³/mol. The number of rotatable bonds is 4. The number of aryl methyl sites for hydroxylation is 1. The zero-order valence-electron chi connectivity index (χ0n) is 9.87. The van der Waals surface area contributed by atoms with E-state index in [0.717, 1.165) is 18.4 Å². The van der Waals surface area contributed by atoms with E-state index in [0.29, 0.717) is 5.82 Å². The Bertz CT molecular complexity index is 453. The molecule has 88 valence electrons. The van der Waals surface area contributed by atoms with Crippen molar-refractivity contribution >= 4 is 0 Å². The van der Waals surface area contributed by atoms with Crippen LogP contribution in [0.2, 0.25) is 0 Å².